The van der Waals surface area contributed by atoms with Crippen LogP contribution in [0.5, 0.6) is 0 Å². The van der Waals surface area contributed by atoms with Crippen molar-refractivity contribution in [2.24, 2.45) is 0 Å². The molecule has 0 fully saturated rings. The highest BCUT2D eigenvalue weighted by atomic mass is 35.5. The normalized spacial score (nSPS) is 10.2. The van der Waals surface area contributed by atoms with Gasteiger partial charge in [-0.3, -0.25) is 9.59 Å². The van der Waals surface area contributed by atoms with E-state index in [4.69, 9.17) is 16.0 Å². The Morgan fingerprint density at radius 2 is 1.86 bits per heavy atom. The van der Waals surface area contributed by atoms with E-state index in [1.165, 1.54) is 4.90 Å². The van der Waals surface area contributed by atoms with Gasteiger partial charge in [-0.15, -0.1) is 0 Å². The topological polar surface area (TPSA) is 62.6 Å². The minimum Gasteiger partial charge on any atom is -0.456 e. The Kier molecular flexibility index (Phi) is 4.65. The first-order valence-corrected chi connectivity index (χ1v) is 6.71. The van der Waals surface area contributed by atoms with Crippen LogP contribution in [0.15, 0.2) is 40.8 Å². The molecule has 0 unspecified atom stereocenters. The van der Waals surface area contributed by atoms with E-state index >= 15 is 0 Å². The van der Waals surface area contributed by atoms with Gasteiger partial charge in [0.25, 0.3) is 5.91 Å². The number of amides is 2. The van der Waals surface area contributed by atoms with E-state index in [1.807, 2.05) is 0 Å². The molecule has 0 aliphatic heterocycles. The third kappa shape index (κ3) is 4.10. The highest BCUT2D eigenvalue weighted by Crippen LogP contribution is 2.13. The average Bonchev–Trinajstić information content (AvgIpc) is 2.87. The predicted molar refractivity (Wildman–Crippen MR) is 80.5 cm³/mol. The Balaban J connectivity index is 1.92. The summed E-state index contributed by atoms with van der Waals surface area (Å²) in [6.07, 6.45) is 0. The SMILES string of the molecule is Cc1ccc(C(=O)N(C)CC(=O)Nc2ccc(Cl)cc2)o1. The van der Waals surface area contributed by atoms with Crippen LogP contribution in [0.4, 0.5) is 5.69 Å². The van der Waals surface area contributed by atoms with E-state index in [-0.39, 0.29) is 24.1 Å². The maximum absolute atomic E-state index is 12.0. The molecule has 0 aliphatic rings. The van der Waals surface area contributed by atoms with Gasteiger partial charge in [0.05, 0.1) is 6.54 Å². The zero-order valence-corrected chi connectivity index (χ0v) is 12.5. The van der Waals surface area contributed by atoms with E-state index in [0.717, 1.165) is 0 Å². The number of nitrogens with one attached hydrogen (secondary N) is 1. The smallest absolute Gasteiger partial charge is 0.289 e. The van der Waals surface area contributed by atoms with Gasteiger partial charge in [0, 0.05) is 17.8 Å². The van der Waals surface area contributed by atoms with Crippen LogP contribution in [-0.4, -0.2) is 30.3 Å². The molecule has 110 valence electrons. The number of aryl methyl sites for hydroxylation is 1. The third-order valence-corrected chi connectivity index (χ3v) is 3.06. The molecular weight excluding hydrogens is 292 g/mol. The van der Waals surface area contributed by atoms with E-state index in [9.17, 15) is 9.59 Å². The Labute approximate surface area is 127 Å². The largest absolute Gasteiger partial charge is 0.456 e. The first kappa shape index (κ1) is 15.1. The van der Waals surface area contributed by atoms with Gasteiger partial charge >= 0.3 is 0 Å². The fourth-order valence-electron chi connectivity index (χ4n) is 1.76. The van der Waals surface area contributed by atoms with Crippen LogP contribution in [0.2, 0.25) is 5.02 Å². The molecule has 0 atom stereocenters. The zero-order chi connectivity index (χ0) is 15.4. The highest BCUT2D eigenvalue weighted by molar-refractivity contribution is 6.30. The van der Waals surface area contributed by atoms with Crippen LogP contribution in [0, 0.1) is 6.92 Å². The molecule has 0 aliphatic carbocycles. The average molecular weight is 307 g/mol. The van der Waals surface area contributed by atoms with Crippen molar-refractivity contribution in [1.82, 2.24) is 4.90 Å². The molecule has 5 nitrogen and oxygen atoms in total. The number of carbonyl (C=O) groups is 2. The summed E-state index contributed by atoms with van der Waals surface area (Å²) in [6.45, 7) is 1.69. The number of benzene rings is 1. The second-order valence-corrected chi connectivity index (χ2v) is 5.06. The fraction of sp³-hybridized carbons (Fsp3) is 0.200. The quantitative estimate of drug-likeness (QED) is 0.944. The molecule has 0 saturated carbocycles. The van der Waals surface area contributed by atoms with Crippen molar-refractivity contribution in [3.63, 3.8) is 0 Å². The molecule has 1 heterocycles. The Bertz CT molecular complexity index is 649. The van der Waals surface area contributed by atoms with Gasteiger partial charge in [-0.25, -0.2) is 0 Å². The first-order chi connectivity index (χ1) is 9.95. The van der Waals surface area contributed by atoms with Gasteiger partial charge in [-0.2, -0.15) is 0 Å². The summed E-state index contributed by atoms with van der Waals surface area (Å²) >= 11 is 5.77. The van der Waals surface area contributed by atoms with Gasteiger partial charge in [0.15, 0.2) is 5.76 Å². The van der Waals surface area contributed by atoms with E-state index in [1.54, 1.807) is 50.4 Å². The van der Waals surface area contributed by atoms with Gasteiger partial charge in [0.2, 0.25) is 5.91 Å². The van der Waals surface area contributed by atoms with Crippen LogP contribution in [0.3, 0.4) is 0 Å². The monoisotopic (exact) mass is 306 g/mol. The molecule has 2 rings (SSSR count). The second kappa shape index (κ2) is 6.45. The molecule has 21 heavy (non-hydrogen) atoms. The van der Waals surface area contributed by atoms with Crippen LogP contribution < -0.4 is 5.32 Å². The minimum atomic E-state index is -0.339. The predicted octanol–water partition coefficient (Wildman–Crippen LogP) is 2.95. The van der Waals surface area contributed by atoms with Crippen LogP contribution in [0.25, 0.3) is 0 Å². The summed E-state index contributed by atoms with van der Waals surface area (Å²) in [6, 6.07) is 10.0. The maximum atomic E-state index is 12.0. The number of halogens is 1. The number of rotatable bonds is 4. The molecule has 2 aromatic rings. The van der Waals surface area contributed by atoms with Crippen molar-refractivity contribution in [1.29, 1.82) is 0 Å². The lowest BCUT2D eigenvalue weighted by Crippen LogP contribution is -2.34. The number of carbonyl (C=O) groups excluding carboxylic acids is 2. The molecule has 1 aromatic heterocycles. The summed E-state index contributed by atoms with van der Waals surface area (Å²) in [5, 5.41) is 3.28. The van der Waals surface area contributed by atoms with Crippen LogP contribution in [-0.2, 0) is 4.79 Å². The number of anilines is 1. The first-order valence-electron chi connectivity index (χ1n) is 6.33. The van der Waals surface area contributed by atoms with Crippen LogP contribution >= 0.6 is 11.6 Å². The zero-order valence-electron chi connectivity index (χ0n) is 11.7. The molecule has 6 heteroatoms. The molecular formula is C15H15ClN2O3. The summed E-state index contributed by atoms with van der Waals surface area (Å²) in [4.78, 5) is 25.2. The molecule has 0 bridgehead atoms. The number of likely N-dealkylation sites (N-methyl/N-ethyl adjacent to an activating group) is 1. The van der Waals surface area contributed by atoms with Crippen molar-refractivity contribution in [2.45, 2.75) is 6.92 Å². The standard InChI is InChI=1S/C15H15ClN2O3/c1-10-3-8-13(21-10)15(20)18(2)9-14(19)17-12-6-4-11(16)5-7-12/h3-8H,9H2,1-2H3,(H,17,19). The lowest BCUT2D eigenvalue weighted by Gasteiger charge is -2.15. The summed E-state index contributed by atoms with van der Waals surface area (Å²) in [5.74, 6) is 0.234. The van der Waals surface area contributed by atoms with Gasteiger partial charge < -0.3 is 14.6 Å². The minimum absolute atomic E-state index is 0.0682. The summed E-state index contributed by atoms with van der Waals surface area (Å²) in [7, 11) is 1.54. The molecule has 0 spiro atoms. The summed E-state index contributed by atoms with van der Waals surface area (Å²) < 4.78 is 5.24. The van der Waals surface area contributed by atoms with Crippen molar-refractivity contribution in [3.8, 4) is 0 Å². The Morgan fingerprint density at radius 3 is 2.43 bits per heavy atom. The van der Waals surface area contributed by atoms with E-state index < -0.39 is 0 Å². The van der Waals surface area contributed by atoms with Gasteiger partial charge in [-0.05, 0) is 43.3 Å². The third-order valence-electron chi connectivity index (χ3n) is 2.81. The number of furan rings is 1. The lowest BCUT2D eigenvalue weighted by atomic mass is 10.3. The molecule has 1 N–H and O–H groups in total. The van der Waals surface area contributed by atoms with Gasteiger partial charge in [-0.1, -0.05) is 11.6 Å². The van der Waals surface area contributed by atoms with Crippen LogP contribution in [0.1, 0.15) is 16.3 Å². The lowest BCUT2D eigenvalue weighted by molar-refractivity contribution is -0.116. The number of hydrogen-bond donors (Lipinski definition) is 1. The highest BCUT2D eigenvalue weighted by Gasteiger charge is 2.17. The van der Waals surface area contributed by atoms with Crippen molar-refractivity contribution in [3.05, 3.63) is 52.9 Å². The Hall–Kier alpha value is -2.27. The second-order valence-electron chi connectivity index (χ2n) is 4.63. The molecule has 0 radical (unpaired) electrons. The van der Waals surface area contributed by atoms with Crippen molar-refractivity contribution in [2.75, 3.05) is 18.9 Å². The van der Waals surface area contributed by atoms with E-state index in [2.05, 4.69) is 5.32 Å². The van der Waals surface area contributed by atoms with Crippen molar-refractivity contribution >= 4 is 29.1 Å². The van der Waals surface area contributed by atoms with Gasteiger partial charge in [0.1, 0.15) is 5.76 Å². The van der Waals surface area contributed by atoms with Crippen molar-refractivity contribution < 1.29 is 14.0 Å². The Morgan fingerprint density at radius 1 is 1.19 bits per heavy atom. The molecule has 0 saturated heterocycles. The molecule has 1 aromatic carbocycles. The maximum Gasteiger partial charge on any atom is 0.289 e. The molecule has 2 amide bonds. The fourth-order valence-corrected chi connectivity index (χ4v) is 1.88. The van der Waals surface area contributed by atoms with E-state index in [0.29, 0.717) is 16.5 Å². The number of nitrogens with zero attached hydrogens (tertiary/aromatic N) is 1. The number of hydrogen-bond acceptors (Lipinski definition) is 3. The summed E-state index contributed by atoms with van der Waals surface area (Å²) in [5.41, 5.74) is 0.624.